The Morgan fingerprint density at radius 3 is 0.611 bits per heavy atom. The fraction of sp³-hybridized carbons (Fsp3) is 0.0952. The number of amides is 2. The maximum atomic E-state index is 10.6. The third-order valence-corrected chi connectivity index (χ3v) is 7.91. The van der Waals surface area contributed by atoms with Crippen molar-refractivity contribution in [1.82, 2.24) is 40.5 Å². The van der Waals surface area contributed by atoms with Crippen molar-refractivity contribution in [1.29, 1.82) is 0 Å². The molecule has 0 atom stereocenters. The van der Waals surface area contributed by atoms with E-state index in [0.717, 1.165) is 65.4 Å². The average Bonchev–Trinajstić information content (AvgIpc) is 3.28. The molecule has 0 saturated carbocycles. The predicted molar refractivity (Wildman–Crippen MR) is 216 cm³/mol. The first-order valence-electron chi connectivity index (χ1n) is 18.7. The Bertz CT molecular complexity index is 2510. The molecule has 3 aromatic carbocycles. The largest absolute Gasteiger partial charge is 1.00 e. The number of fused-ring (bicyclic) bond motifs is 9. The van der Waals surface area contributed by atoms with Crippen LogP contribution in [0.1, 0.15) is 13.8 Å². The second-order valence-corrected chi connectivity index (χ2v) is 14.8. The summed E-state index contributed by atoms with van der Waals surface area (Å²) in [6.07, 6.45) is 10.8. The van der Waals surface area contributed by atoms with E-state index in [-0.39, 0.29) is 62.2 Å². The molecule has 0 radical (unpaired) electrons. The van der Waals surface area contributed by atoms with E-state index in [4.69, 9.17) is 55.9 Å². The third-order valence-electron chi connectivity index (χ3n) is 7.91. The molecule has 0 aliphatic rings. The van der Waals surface area contributed by atoms with Gasteiger partial charge >= 0.3 is 63.0 Å². The van der Waals surface area contributed by atoms with Crippen LogP contribution in [0.5, 0.6) is 0 Å². The SMILES string of the molecule is CCNC(=O)C(=O)NCC.O.O.[Cu+].[Cu+].[Cu+].[O-][Cl+3]([O-])([O-])[O-].[O-][Cl+3]([O-])([O-])[O-].[O-][Cl+3]([O-])([O-])[O-].c1cnc2c(c1)ccc1cccnc12.c1cnc2c(c1)ccc1cccnc12.c1cnc2c(c1)ccc1cccnc12. The van der Waals surface area contributed by atoms with Gasteiger partial charge in [0.05, 0.1) is 33.1 Å². The van der Waals surface area contributed by atoms with Crippen molar-refractivity contribution in [3.8, 4) is 0 Å². The summed E-state index contributed by atoms with van der Waals surface area (Å²) < 4.78 is 102. The summed E-state index contributed by atoms with van der Waals surface area (Å²) in [5.41, 5.74) is 5.86. The van der Waals surface area contributed by atoms with Gasteiger partial charge in [-0.25, -0.2) is 55.9 Å². The van der Waals surface area contributed by atoms with Gasteiger partial charge < -0.3 is 21.6 Å². The Labute approximate surface area is 446 Å². The molecule has 0 aliphatic heterocycles. The van der Waals surface area contributed by atoms with Gasteiger partial charge in [0.1, 0.15) is 0 Å². The summed E-state index contributed by atoms with van der Waals surface area (Å²) in [7, 11) is -14.8. The Balaban J connectivity index is -0.000000795. The Hall–Kier alpha value is -5.07. The van der Waals surface area contributed by atoms with E-state index >= 15 is 0 Å². The molecular formula is C42H40Cl3Cu3N8O16. The monoisotopic (exact) mass is 1210 g/mol. The zero-order valence-electron chi connectivity index (χ0n) is 36.7. The van der Waals surface area contributed by atoms with Crippen molar-refractivity contribution in [3.63, 3.8) is 0 Å². The van der Waals surface area contributed by atoms with Crippen LogP contribution in [-0.2, 0) is 60.8 Å². The van der Waals surface area contributed by atoms with Crippen LogP contribution in [0.15, 0.2) is 146 Å². The number of nitrogens with zero attached hydrogens (tertiary/aromatic N) is 6. The van der Waals surface area contributed by atoms with Gasteiger partial charge in [0.25, 0.3) is 0 Å². The Kier molecular flexibility index (Phi) is 34.7. The molecule has 24 nitrogen and oxygen atoms in total. The number of hydrogen-bond acceptors (Lipinski definition) is 20. The van der Waals surface area contributed by atoms with Gasteiger partial charge in [-0.3, -0.25) is 39.5 Å². The van der Waals surface area contributed by atoms with Crippen molar-refractivity contribution in [3.05, 3.63) is 146 Å². The molecule has 30 heteroatoms. The van der Waals surface area contributed by atoms with Crippen LogP contribution >= 0.6 is 0 Å². The summed E-state index contributed by atoms with van der Waals surface area (Å²) in [4.78, 5) is 47.3. The van der Waals surface area contributed by atoms with Crippen LogP contribution in [0.2, 0.25) is 0 Å². The number of hydrogen-bond donors (Lipinski definition) is 2. The van der Waals surface area contributed by atoms with Gasteiger partial charge in [0.2, 0.25) is 0 Å². The molecule has 0 bridgehead atoms. The standard InChI is InChI=1S/3C12H8N2.C6H12N2O2.3ClHO4.3Cu.2H2O/c3*1-3-9-5-6-10-4-2-8-14-12(10)11(9)13-7-1;1-3-7-5(9)6(10)8-4-2;3*2-1(3,4)5;;;;;/h3*1-8H;3-4H2,1-2H3,(H,7,9)(H,8,10);3*(H,2,3,4,5);;;;2*1H2/q;;;;;;;3*+1;;/p-3. The quantitative estimate of drug-likeness (QED) is 0.0922. The van der Waals surface area contributed by atoms with E-state index in [1.165, 1.54) is 0 Å². The van der Waals surface area contributed by atoms with Crippen molar-refractivity contribution in [2.45, 2.75) is 13.8 Å². The number of halogens is 3. The van der Waals surface area contributed by atoms with Gasteiger partial charge in [-0.05, 0) is 50.2 Å². The number of carbonyl (C=O) groups excluding carboxylic acids is 2. The predicted octanol–water partition coefficient (Wildman–Crippen LogP) is -8.32. The second-order valence-electron chi connectivity index (χ2n) is 12.5. The summed E-state index contributed by atoms with van der Waals surface area (Å²) in [5.74, 6) is -1.13. The van der Waals surface area contributed by atoms with Gasteiger partial charge in [-0.1, -0.05) is 72.8 Å². The first-order chi connectivity index (χ1) is 31.6. The first-order valence-corrected chi connectivity index (χ1v) is 22.4. The summed E-state index contributed by atoms with van der Waals surface area (Å²) in [5, 5.41) is 11.6. The topological polar surface area (TPSA) is 475 Å². The minimum Gasteiger partial charge on any atom is -0.412 e. The zero-order valence-corrected chi connectivity index (χ0v) is 41.8. The number of aromatic nitrogens is 6. The number of rotatable bonds is 2. The van der Waals surface area contributed by atoms with Gasteiger partial charge in [0, 0.05) is 82.6 Å². The van der Waals surface area contributed by atoms with Crippen molar-refractivity contribution in [2.75, 3.05) is 13.1 Å². The number of benzene rings is 3. The maximum Gasteiger partial charge on any atom is 1.00 e. The van der Waals surface area contributed by atoms with Gasteiger partial charge in [-0.2, -0.15) is 0 Å². The molecule has 0 saturated heterocycles. The van der Waals surface area contributed by atoms with Crippen LogP contribution in [-0.4, -0.2) is 65.8 Å². The summed E-state index contributed by atoms with van der Waals surface area (Å²) >= 11 is 0. The van der Waals surface area contributed by atoms with Crippen LogP contribution in [0.3, 0.4) is 0 Å². The Morgan fingerprint density at radius 1 is 0.347 bits per heavy atom. The van der Waals surface area contributed by atoms with Crippen LogP contribution in [0.25, 0.3) is 65.4 Å². The molecule has 9 rings (SSSR count). The van der Waals surface area contributed by atoms with Crippen molar-refractivity contribution >= 4 is 77.2 Å². The molecule has 0 unspecified atom stereocenters. The smallest absolute Gasteiger partial charge is 0.412 e. The summed E-state index contributed by atoms with van der Waals surface area (Å²) in [6, 6.07) is 36.4. The first kappa shape index (κ1) is 71.2. The van der Waals surface area contributed by atoms with Crippen LogP contribution in [0.4, 0.5) is 0 Å². The minimum absolute atomic E-state index is 0. The molecule has 2 amide bonds. The van der Waals surface area contributed by atoms with E-state index in [9.17, 15) is 9.59 Å². The molecule has 0 fully saturated rings. The molecule has 6 aromatic heterocycles. The van der Waals surface area contributed by atoms with E-state index in [2.05, 4.69) is 113 Å². The molecule has 398 valence electrons. The maximum absolute atomic E-state index is 10.6. The fourth-order valence-corrected chi connectivity index (χ4v) is 5.52. The Morgan fingerprint density at radius 2 is 0.486 bits per heavy atom. The van der Waals surface area contributed by atoms with E-state index in [1.54, 1.807) is 51.0 Å². The fourth-order valence-electron chi connectivity index (χ4n) is 5.52. The molecule has 6 heterocycles. The van der Waals surface area contributed by atoms with Crippen LogP contribution in [0, 0.1) is 30.7 Å². The van der Waals surface area contributed by atoms with Crippen molar-refractivity contribution in [2.24, 2.45) is 0 Å². The number of likely N-dealkylation sites (N-methyl/N-ethyl adjacent to an activating group) is 2. The molecule has 72 heavy (non-hydrogen) atoms. The second kappa shape index (κ2) is 35.1. The van der Waals surface area contributed by atoms with Gasteiger partial charge in [-0.15, -0.1) is 30.7 Å². The number of pyridine rings is 6. The number of nitrogens with one attached hydrogen (secondary N) is 2. The minimum atomic E-state index is -4.94. The molecular weight excluding hydrogens is 1170 g/mol. The van der Waals surface area contributed by atoms with Gasteiger partial charge in [0.15, 0.2) is 0 Å². The normalized spacial score (nSPS) is 10.0. The summed E-state index contributed by atoms with van der Waals surface area (Å²) in [6.45, 7) is 4.49. The zero-order chi connectivity index (χ0) is 49.6. The average molecular weight is 1210 g/mol. The van der Waals surface area contributed by atoms with E-state index in [0.29, 0.717) is 13.1 Å². The van der Waals surface area contributed by atoms with E-state index in [1.807, 2.05) is 36.4 Å². The third kappa shape index (κ3) is 27.7. The van der Waals surface area contributed by atoms with Crippen molar-refractivity contribution < 1.29 is 158 Å². The molecule has 6 N–H and O–H groups in total. The van der Waals surface area contributed by atoms with Crippen LogP contribution < -0.4 is 66.5 Å². The molecule has 0 aliphatic carbocycles. The molecule has 9 aromatic rings. The van der Waals surface area contributed by atoms with E-state index < -0.39 is 42.5 Å². The molecule has 0 spiro atoms. The number of carbonyl (C=O) groups is 2.